The van der Waals surface area contributed by atoms with Crippen LogP contribution in [0.25, 0.3) is 0 Å². The van der Waals surface area contributed by atoms with Gasteiger partial charge in [0.15, 0.2) is 0 Å². The normalized spacial score (nSPS) is 11.4. The Morgan fingerprint density at radius 3 is 1.67 bits per heavy atom. The second-order valence-corrected chi connectivity index (χ2v) is 3.08. The number of halogens is 2. The van der Waals surface area contributed by atoms with Crippen molar-refractivity contribution in [3.8, 4) is 0 Å². The molecule has 2 heteroatoms. The third-order valence-electron chi connectivity index (χ3n) is 0.803. The first-order valence-electron chi connectivity index (χ1n) is 2.71. The van der Waals surface area contributed by atoms with Crippen molar-refractivity contribution in [1.82, 2.24) is 0 Å². The van der Waals surface area contributed by atoms with Gasteiger partial charge in [0.2, 0.25) is 0 Å². The van der Waals surface area contributed by atoms with Gasteiger partial charge in [0, 0.05) is 10.1 Å². The van der Waals surface area contributed by atoms with Gasteiger partial charge >= 0.3 is 0 Å². The second kappa shape index (κ2) is 3.97. The minimum absolute atomic E-state index is 0.709. The van der Waals surface area contributed by atoms with Crippen LogP contribution in [0.5, 0.6) is 0 Å². The maximum absolute atomic E-state index is 5.73. The minimum Gasteiger partial charge on any atom is -0.0894 e. The number of allylic oxidation sites excluding steroid dienone is 4. The Balaban J connectivity index is 4.25. The SMILES string of the molecule is CC(Cl)=CC(Cl)=C(C)C. The van der Waals surface area contributed by atoms with Crippen LogP contribution in [0.3, 0.4) is 0 Å². The van der Waals surface area contributed by atoms with E-state index < -0.39 is 0 Å². The molecule has 0 atom stereocenters. The molecule has 0 bridgehead atoms. The van der Waals surface area contributed by atoms with Crippen molar-refractivity contribution < 1.29 is 0 Å². The molecule has 0 fully saturated rings. The van der Waals surface area contributed by atoms with Gasteiger partial charge in [0.05, 0.1) is 0 Å². The quantitative estimate of drug-likeness (QED) is 0.520. The predicted octanol–water partition coefficient (Wildman–Crippen LogP) is 3.66. The highest BCUT2D eigenvalue weighted by Crippen LogP contribution is 2.13. The summed E-state index contributed by atoms with van der Waals surface area (Å²) in [4.78, 5) is 0. The van der Waals surface area contributed by atoms with Crippen molar-refractivity contribution in [3.63, 3.8) is 0 Å². The highest BCUT2D eigenvalue weighted by Gasteiger charge is 1.88. The van der Waals surface area contributed by atoms with Crippen LogP contribution in [0.1, 0.15) is 20.8 Å². The zero-order valence-electron chi connectivity index (χ0n) is 5.83. The first-order chi connectivity index (χ1) is 4.04. The lowest BCUT2D eigenvalue weighted by atomic mass is 10.3. The average molecular weight is 165 g/mol. The molecule has 0 aliphatic carbocycles. The Bertz CT molecular complexity index is 146. The van der Waals surface area contributed by atoms with E-state index in [-0.39, 0.29) is 0 Å². The van der Waals surface area contributed by atoms with Crippen molar-refractivity contribution in [1.29, 1.82) is 0 Å². The molecule has 0 N–H and O–H groups in total. The van der Waals surface area contributed by atoms with Crippen LogP contribution in [-0.2, 0) is 0 Å². The first kappa shape index (κ1) is 9.06. The van der Waals surface area contributed by atoms with Crippen molar-refractivity contribution in [2.24, 2.45) is 0 Å². The molecule has 0 rings (SSSR count). The highest BCUT2D eigenvalue weighted by atomic mass is 35.5. The van der Waals surface area contributed by atoms with Crippen LogP contribution >= 0.6 is 23.2 Å². The van der Waals surface area contributed by atoms with Gasteiger partial charge in [-0.25, -0.2) is 0 Å². The van der Waals surface area contributed by atoms with E-state index in [1.807, 2.05) is 13.8 Å². The molecule has 0 heterocycles. The molecular formula is C7H10Cl2. The van der Waals surface area contributed by atoms with Crippen LogP contribution in [0.4, 0.5) is 0 Å². The van der Waals surface area contributed by atoms with Crippen LogP contribution in [-0.4, -0.2) is 0 Å². The molecule has 0 saturated carbocycles. The fourth-order valence-electron chi connectivity index (χ4n) is 0.319. The van der Waals surface area contributed by atoms with Crippen LogP contribution in [0.15, 0.2) is 21.7 Å². The third kappa shape index (κ3) is 4.56. The average Bonchev–Trinajstić information content (AvgIpc) is 1.63. The molecule has 0 unspecified atom stereocenters. The molecule has 0 radical (unpaired) electrons. The molecule has 52 valence electrons. The monoisotopic (exact) mass is 164 g/mol. The van der Waals surface area contributed by atoms with E-state index in [1.54, 1.807) is 13.0 Å². The molecule has 0 aliphatic heterocycles. The summed E-state index contributed by atoms with van der Waals surface area (Å²) < 4.78 is 0. The van der Waals surface area contributed by atoms with Gasteiger partial charge in [-0.15, -0.1) is 0 Å². The fourth-order valence-corrected chi connectivity index (χ4v) is 0.648. The lowest BCUT2D eigenvalue weighted by Crippen LogP contribution is -1.69. The molecule has 0 aromatic heterocycles. The van der Waals surface area contributed by atoms with Gasteiger partial charge in [0.25, 0.3) is 0 Å². The van der Waals surface area contributed by atoms with E-state index in [0.29, 0.717) is 5.03 Å². The number of hydrogen-bond acceptors (Lipinski definition) is 0. The maximum atomic E-state index is 5.73. The van der Waals surface area contributed by atoms with Crippen molar-refractivity contribution in [2.75, 3.05) is 0 Å². The summed E-state index contributed by atoms with van der Waals surface area (Å²) >= 11 is 11.3. The van der Waals surface area contributed by atoms with Gasteiger partial charge in [-0.05, 0) is 26.8 Å². The van der Waals surface area contributed by atoms with Crippen molar-refractivity contribution in [3.05, 3.63) is 21.7 Å². The van der Waals surface area contributed by atoms with Crippen LogP contribution in [0, 0.1) is 0 Å². The third-order valence-corrected chi connectivity index (χ3v) is 1.40. The molecule has 0 aliphatic rings. The Hall–Kier alpha value is 0.0600. The Labute approximate surface area is 66.2 Å². The standard InChI is InChI=1S/C7H10Cl2/c1-5(2)7(9)4-6(3)8/h4H,1-3H3. The molecule has 0 spiro atoms. The molecule has 0 aromatic rings. The molecular weight excluding hydrogens is 155 g/mol. The highest BCUT2D eigenvalue weighted by molar-refractivity contribution is 6.34. The molecule has 0 nitrogen and oxygen atoms in total. The largest absolute Gasteiger partial charge is 0.0894 e. The van der Waals surface area contributed by atoms with Crippen LogP contribution < -0.4 is 0 Å². The first-order valence-corrected chi connectivity index (χ1v) is 3.46. The summed E-state index contributed by atoms with van der Waals surface area (Å²) in [5.41, 5.74) is 1.08. The van der Waals surface area contributed by atoms with Gasteiger partial charge < -0.3 is 0 Å². The predicted molar refractivity (Wildman–Crippen MR) is 43.8 cm³/mol. The molecule has 0 aromatic carbocycles. The zero-order valence-corrected chi connectivity index (χ0v) is 7.35. The summed E-state index contributed by atoms with van der Waals surface area (Å²) in [5, 5.41) is 1.43. The fraction of sp³-hybridized carbons (Fsp3) is 0.429. The van der Waals surface area contributed by atoms with Gasteiger partial charge in [-0.1, -0.05) is 28.8 Å². The molecule has 0 saturated heterocycles. The minimum atomic E-state index is 0.709. The smallest absolute Gasteiger partial charge is 0.0403 e. The summed E-state index contributed by atoms with van der Waals surface area (Å²) in [5.74, 6) is 0. The summed E-state index contributed by atoms with van der Waals surface area (Å²) in [7, 11) is 0. The van der Waals surface area contributed by atoms with Crippen molar-refractivity contribution >= 4 is 23.2 Å². The Morgan fingerprint density at radius 1 is 1.11 bits per heavy atom. The van der Waals surface area contributed by atoms with E-state index in [2.05, 4.69) is 0 Å². The topological polar surface area (TPSA) is 0 Å². The zero-order chi connectivity index (χ0) is 7.44. The molecule has 9 heavy (non-hydrogen) atoms. The second-order valence-electron chi connectivity index (χ2n) is 2.08. The van der Waals surface area contributed by atoms with Gasteiger partial charge in [-0.3, -0.25) is 0 Å². The van der Waals surface area contributed by atoms with Gasteiger partial charge in [0.1, 0.15) is 0 Å². The lowest BCUT2D eigenvalue weighted by Gasteiger charge is -1.91. The maximum Gasteiger partial charge on any atom is 0.0403 e. The Kier molecular flexibility index (Phi) is 4.00. The molecule has 0 amide bonds. The summed E-state index contributed by atoms with van der Waals surface area (Å²) in [6.45, 7) is 5.68. The van der Waals surface area contributed by atoms with E-state index in [1.165, 1.54) is 0 Å². The van der Waals surface area contributed by atoms with E-state index in [4.69, 9.17) is 23.2 Å². The van der Waals surface area contributed by atoms with Crippen LogP contribution in [0.2, 0.25) is 0 Å². The Morgan fingerprint density at radius 2 is 1.56 bits per heavy atom. The summed E-state index contributed by atoms with van der Waals surface area (Å²) in [6.07, 6.45) is 1.73. The van der Waals surface area contributed by atoms with Crippen molar-refractivity contribution in [2.45, 2.75) is 20.8 Å². The van der Waals surface area contributed by atoms with E-state index >= 15 is 0 Å². The van der Waals surface area contributed by atoms with Gasteiger partial charge in [-0.2, -0.15) is 0 Å². The van der Waals surface area contributed by atoms with E-state index in [9.17, 15) is 0 Å². The number of rotatable bonds is 1. The van der Waals surface area contributed by atoms with E-state index in [0.717, 1.165) is 10.6 Å². The lowest BCUT2D eigenvalue weighted by molar-refractivity contribution is 1.37. The summed E-state index contributed by atoms with van der Waals surface area (Å²) in [6, 6.07) is 0. The number of hydrogen-bond donors (Lipinski definition) is 0.